The van der Waals surface area contributed by atoms with E-state index in [2.05, 4.69) is 5.32 Å². The number of halogens is 5. The van der Waals surface area contributed by atoms with Crippen molar-refractivity contribution >= 4 is 21.6 Å². The molecule has 0 spiro atoms. The smallest absolute Gasteiger partial charge is 0.310 e. The molecule has 8 heteroatoms. The van der Waals surface area contributed by atoms with E-state index in [-0.39, 0.29) is 17.4 Å². The van der Waals surface area contributed by atoms with Gasteiger partial charge in [0.2, 0.25) is 0 Å². The number of anilines is 2. The Bertz CT molecular complexity index is 399. The molecule has 0 saturated heterocycles. The van der Waals surface area contributed by atoms with E-state index in [0.717, 1.165) is 6.07 Å². The quantitative estimate of drug-likeness (QED) is 0.614. The van der Waals surface area contributed by atoms with E-state index in [4.69, 9.17) is 5.73 Å². The Hall–Kier alpha value is -1.18. The zero-order chi connectivity index (χ0) is 12.0. The van der Waals surface area contributed by atoms with Crippen LogP contribution in [-0.4, -0.2) is 7.05 Å². The Labute approximate surface area is 83.0 Å². The zero-order valence-electron chi connectivity index (χ0n) is 7.61. The molecule has 0 unspecified atom stereocenters. The summed E-state index contributed by atoms with van der Waals surface area (Å²) in [6.07, 6.45) is 0. The monoisotopic (exact) mass is 248 g/mol. The maximum atomic E-state index is 12.3. The summed E-state index contributed by atoms with van der Waals surface area (Å²) in [6, 6.07) is 1.40. The Morgan fingerprint density at radius 2 is 1.67 bits per heavy atom. The van der Waals surface area contributed by atoms with Gasteiger partial charge in [0.05, 0.1) is 11.4 Å². The predicted molar refractivity (Wildman–Crippen MR) is 51.8 cm³/mol. The van der Waals surface area contributed by atoms with Crippen molar-refractivity contribution in [3.63, 3.8) is 0 Å². The summed E-state index contributed by atoms with van der Waals surface area (Å²) < 4.78 is 61.4. The number of nitrogen functional groups attached to an aromatic ring is 1. The van der Waals surface area contributed by atoms with Gasteiger partial charge in [-0.2, -0.15) is 0 Å². The number of nitrogens with one attached hydrogen (secondary N) is 1. The second-order valence-electron chi connectivity index (χ2n) is 2.97. The minimum absolute atomic E-state index is 0.167. The summed E-state index contributed by atoms with van der Waals surface area (Å²) >= 11 is 0. The molecule has 0 aliphatic carbocycles. The minimum Gasteiger partial charge on any atom is -0.397 e. The van der Waals surface area contributed by atoms with Crippen LogP contribution in [0.5, 0.6) is 0 Å². The topological polar surface area (TPSA) is 38.0 Å². The third-order valence-electron chi connectivity index (χ3n) is 1.74. The molecule has 0 aliphatic rings. The van der Waals surface area contributed by atoms with Crippen LogP contribution in [0, 0.1) is 0 Å². The molecule has 1 aromatic rings. The van der Waals surface area contributed by atoms with Gasteiger partial charge in [0.15, 0.2) is 0 Å². The van der Waals surface area contributed by atoms with E-state index in [1.807, 2.05) is 0 Å². The first kappa shape index (κ1) is 11.9. The number of rotatable bonds is 2. The van der Waals surface area contributed by atoms with Crippen molar-refractivity contribution in [3.8, 4) is 0 Å². The Kier molecular flexibility index (Phi) is 1.97. The Balaban J connectivity index is 3.39. The maximum Gasteiger partial charge on any atom is 0.310 e. The van der Waals surface area contributed by atoms with E-state index >= 15 is 0 Å². The van der Waals surface area contributed by atoms with Crippen molar-refractivity contribution in [2.75, 3.05) is 18.1 Å². The van der Waals surface area contributed by atoms with Gasteiger partial charge in [-0.1, -0.05) is 19.4 Å². The van der Waals surface area contributed by atoms with Crippen molar-refractivity contribution < 1.29 is 19.4 Å². The first-order valence-electron chi connectivity index (χ1n) is 3.75. The summed E-state index contributed by atoms with van der Waals surface area (Å²) in [7, 11) is -8.19. The lowest BCUT2D eigenvalue weighted by Gasteiger charge is -2.40. The molecule has 0 atom stereocenters. The molecule has 88 valence electrons. The van der Waals surface area contributed by atoms with Gasteiger partial charge < -0.3 is 11.1 Å². The predicted octanol–water partition coefficient (Wildman–Crippen LogP) is 3.97. The first-order chi connectivity index (χ1) is 6.44. The highest BCUT2D eigenvalue weighted by Crippen LogP contribution is 3.02. The number of nitrogens with two attached hydrogens (primary N) is 1. The molecule has 0 aromatic heterocycles. The maximum absolute atomic E-state index is 12.3. The summed E-state index contributed by atoms with van der Waals surface area (Å²) in [4.78, 5) is -1.98. The number of hydrogen-bond acceptors (Lipinski definition) is 2. The second-order valence-corrected chi connectivity index (χ2v) is 5.38. The summed E-state index contributed by atoms with van der Waals surface area (Å²) in [5.74, 6) is 0. The fourth-order valence-corrected chi connectivity index (χ4v) is 1.68. The van der Waals surface area contributed by atoms with Crippen molar-refractivity contribution in [2.45, 2.75) is 4.90 Å². The molecule has 0 bridgehead atoms. The molecule has 2 nitrogen and oxygen atoms in total. The van der Waals surface area contributed by atoms with Gasteiger partial charge in [0.25, 0.3) is 0 Å². The summed E-state index contributed by atoms with van der Waals surface area (Å²) in [6.45, 7) is 0. The highest BCUT2D eigenvalue weighted by Gasteiger charge is 2.65. The average Bonchev–Trinajstić information content (AvgIpc) is 2.00. The van der Waals surface area contributed by atoms with Gasteiger partial charge >= 0.3 is 10.2 Å². The van der Waals surface area contributed by atoms with Crippen LogP contribution in [0.25, 0.3) is 0 Å². The van der Waals surface area contributed by atoms with E-state index < -0.39 is 15.1 Å². The third kappa shape index (κ3) is 2.65. The van der Waals surface area contributed by atoms with Crippen LogP contribution in [0.3, 0.4) is 0 Å². The van der Waals surface area contributed by atoms with Gasteiger partial charge in [-0.05, 0) is 18.2 Å². The zero-order valence-corrected chi connectivity index (χ0v) is 8.42. The van der Waals surface area contributed by atoms with Crippen LogP contribution < -0.4 is 11.1 Å². The normalized spacial score (nSPS) is 16.7. The van der Waals surface area contributed by atoms with E-state index in [1.165, 1.54) is 7.05 Å². The number of benzene rings is 1. The molecule has 0 heterocycles. The summed E-state index contributed by atoms with van der Waals surface area (Å²) in [5, 5.41) is 2.47. The second kappa shape index (κ2) is 2.49. The lowest BCUT2D eigenvalue weighted by atomic mass is 10.3. The lowest BCUT2D eigenvalue weighted by molar-refractivity contribution is 0.364. The molecule has 1 aromatic carbocycles. The lowest BCUT2D eigenvalue weighted by Crippen LogP contribution is -2.07. The molecule has 15 heavy (non-hydrogen) atoms. The van der Waals surface area contributed by atoms with Crippen molar-refractivity contribution in [2.24, 2.45) is 0 Å². The third-order valence-corrected chi connectivity index (χ3v) is 2.88. The van der Waals surface area contributed by atoms with Gasteiger partial charge in [0, 0.05) is 7.05 Å². The minimum atomic E-state index is -9.61. The molecule has 0 amide bonds. The first-order valence-corrected chi connectivity index (χ1v) is 5.70. The van der Waals surface area contributed by atoms with Crippen LogP contribution in [0.15, 0.2) is 23.1 Å². The molecule has 0 aliphatic heterocycles. The van der Waals surface area contributed by atoms with Gasteiger partial charge in [-0.15, -0.1) is 0 Å². The molecular formula is C7H9F5N2S. The van der Waals surface area contributed by atoms with Crippen LogP contribution in [-0.2, 0) is 0 Å². The van der Waals surface area contributed by atoms with Crippen LogP contribution >= 0.6 is 10.2 Å². The van der Waals surface area contributed by atoms with Crippen molar-refractivity contribution in [3.05, 3.63) is 18.2 Å². The van der Waals surface area contributed by atoms with Crippen LogP contribution in [0.4, 0.5) is 30.8 Å². The molecule has 0 fully saturated rings. The fourth-order valence-electron chi connectivity index (χ4n) is 1.01. The van der Waals surface area contributed by atoms with E-state index in [0.29, 0.717) is 6.07 Å². The Morgan fingerprint density at radius 3 is 2.00 bits per heavy atom. The van der Waals surface area contributed by atoms with Gasteiger partial charge in [0.1, 0.15) is 4.90 Å². The Morgan fingerprint density at radius 1 is 1.13 bits per heavy atom. The molecule has 1 rings (SSSR count). The largest absolute Gasteiger partial charge is 0.397 e. The van der Waals surface area contributed by atoms with Crippen LogP contribution in [0.2, 0.25) is 0 Å². The van der Waals surface area contributed by atoms with Crippen molar-refractivity contribution in [1.82, 2.24) is 0 Å². The van der Waals surface area contributed by atoms with Crippen LogP contribution in [0.1, 0.15) is 0 Å². The SMILES string of the molecule is CNc1ccc(S(F)(F)(F)(F)F)cc1N. The van der Waals surface area contributed by atoms with E-state index in [9.17, 15) is 19.4 Å². The van der Waals surface area contributed by atoms with Crippen molar-refractivity contribution in [1.29, 1.82) is 0 Å². The summed E-state index contributed by atoms with van der Waals surface area (Å²) in [5.41, 5.74) is 4.96. The molecule has 0 saturated carbocycles. The standard InChI is InChI=1S/C7H9F5N2S/c1-14-7-3-2-5(4-6(7)13)15(8,9,10,11)12/h2-4,14H,13H2,1H3. The molecule has 3 N–H and O–H groups in total. The van der Waals surface area contributed by atoms with E-state index in [1.54, 1.807) is 0 Å². The molecular weight excluding hydrogens is 239 g/mol. The fraction of sp³-hybridized carbons (Fsp3) is 0.143. The number of hydrogen-bond donors (Lipinski definition) is 2. The molecule has 0 radical (unpaired) electrons. The average molecular weight is 248 g/mol. The highest BCUT2D eigenvalue weighted by molar-refractivity contribution is 8.45. The van der Waals surface area contributed by atoms with Gasteiger partial charge in [-0.25, -0.2) is 0 Å². The van der Waals surface area contributed by atoms with Gasteiger partial charge in [-0.3, -0.25) is 0 Å². The highest BCUT2D eigenvalue weighted by atomic mass is 32.5.